The van der Waals surface area contributed by atoms with E-state index < -0.39 is 17.0 Å². The molecular formula is C85H68F2N10O3. The van der Waals surface area contributed by atoms with Gasteiger partial charge in [-0.3, -0.25) is 14.8 Å². The second kappa shape index (κ2) is 28.3. The normalized spacial score (nSPS) is 12.9. The quantitative estimate of drug-likeness (QED) is 0.0755. The van der Waals surface area contributed by atoms with Gasteiger partial charge in [0.15, 0.2) is 0 Å². The first-order valence-corrected chi connectivity index (χ1v) is 33.0. The molecule has 0 unspecified atom stereocenters. The number of carbonyl (C=O) groups is 2. The van der Waals surface area contributed by atoms with Crippen molar-refractivity contribution in [1.82, 2.24) is 34.8 Å². The summed E-state index contributed by atoms with van der Waals surface area (Å²) in [5.74, 6) is -1.19. The van der Waals surface area contributed by atoms with Crippen molar-refractivity contribution in [3.05, 3.63) is 371 Å². The number of pyridine rings is 2. The molecule has 0 bridgehead atoms. The number of fused-ring (bicyclic) bond motifs is 4. The number of esters is 1. The Morgan fingerprint density at radius 1 is 0.450 bits per heavy atom. The minimum absolute atomic E-state index is 0.0133. The fourth-order valence-electron chi connectivity index (χ4n) is 13.6. The van der Waals surface area contributed by atoms with Crippen LogP contribution in [0.25, 0.3) is 44.3 Å². The van der Waals surface area contributed by atoms with Gasteiger partial charge in [-0.1, -0.05) is 206 Å². The van der Waals surface area contributed by atoms with E-state index in [-0.39, 0.29) is 29.6 Å². The third-order valence-corrected chi connectivity index (χ3v) is 18.5. The molecule has 2 aliphatic heterocycles. The van der Waals surface area contributed by atoms with Crippen molar-refractivity contribution < 1.29 is 23.1 Å². The van der Waals surface area contributed by atoms with E-state index in [1.165, 1.54) is 31.4 Å². The van der Waals surface area contributed by atoms with Crippen molar-refractivity contribution >= 4 is 56.5 Å². The van der Waals surface area contributed by atoms with Crippen molar-refractivity contribution in [1.29, 1.82) is 0 Å². The van der Waals surface area contributed by atoms with Crippen LogP contribution in [0.4, 0.5) is 20.2 Å². The number of nitrogens with two attached hydrogens (primary N) is 1. The number of halogens is 2. The Morgan fingerprint density at radius 2 is 0.780 bits per heavy atom. The van der Waals surface area contributed by atoms with E-state index in [4.69, 9.17) is 25.7 Å². The molecule has 10 aromatic carbocycles. The first-order chi connectivity index (χ1) is 48.9. The lowest BCUT2D eigenvalue weighted by molar-refractivity contribution is -0.132. The Balaban J connectivity index is 0.000000151. The molecule has 3 N–H and O–H groups in total. The predicted octanol–water partition coefficient (Wildman–Crippen LogP) is 17.2. The lowest BCUT2D eigenvalue weighted by atomic mass is 9.77. The highest BCUT2D eigenvalue weighted by Gasteiger charge is 2.43. The van der Waals surface area contributed by atoms with E-state index >= 15 is 0 Å². The maximum Gasteiger partial charge on any atom is 0.352 e. The third-order valence-electron chi connectivity index (χ3n) is 18.5. The van der Waals surface area contributed by atoms with Crippen LogP contribution in [0.2, 0.25) is 0 Å². The molecule has 2 atom stereocenters. The van der Waals surface area contributed by atoms with Gasteiger partial charge < -0.3 is 15.8 Å². The van der Waals surface area contributed by atoms with E-state index in [9.17, 15) is 18.4 Å². The van der Waals surface area contributed by atoms with Gasteiger partial charge in [-0.25, -0.2) is 32.9 Å². The Hall–Kier alpha value is -12.5. The minimum atomic E-state index is -0.841. The summed E-state index contributed by atoms with van der Waals surface area (Å²) in [5.41, 5.74) is 21.7. The Morgan fingerprint density at radius 3 is 1.12 bits per heavy atom. The third kappa shape index (κ3) is 12.5. The molecule has 6 heterocycles. The van der Waals surface area contributed by atoms with Gasteiger partial charge in [0.25, 0.3) is 5.91 Å². The monoisotopic (exact) mass is 1310 g/mol. The SMILES string of the molecule is COC(=O)C1=Nc2cc3c(-c4ccncc4)nn(C(c4ccccc4)(c4ccccc4)c4ccccc4)c3cc2C1.C[C@@H](N)c1ccc(F)cc1.C[C@@H](NC(=O)C1=Nc2cc3c(-c4ccncc4)nn(C(c4ccccc4)(c4ccccc4)c4ccccc4)c3cc2C1)c1ccc(F)cc1. The first-order valence-electron chi connectivity index (χ1n) is 33.0. The summed E-state index contributed by atoms with van der Waals surface area (Å²) in [6.07, 6.45) is 7.88. The molecule has 13 nitrogen and oxygen atoms in total. The Labute approximate surface area is 577 Å². The molecule has 1 amide bonds. The number of nitrogens with one attached hydrogen (secondary N) is 1. The molecule has 0 saturated carbocycles. The highest BCUT2D eigenvalue weighted by Crippen LogP contribution is 2.48. The molecule has 15 heteroatoms. The van der Waals surface area contributed by atoms with Crippen LogP contribution in [0.15, 0.2) is 314 Å². The number of ether oxygens (including phenoxy) is 1. The van der Waals surface area contributed by atoms with E-state index in [1.807, 2.05) is 80.6 Å². The van der Waals surface area contributed by atoms with Crippen LogP contribution in [0, 0.1) is 11.6 Å². The average Bonchev–Trinajstić information content (AvgIpc) is 1.50. The van der Waals surface area contributed by atoms with E-state index in [0.717, 1.165) is 111 Å². The fourth-order valence-corrected chi connectivity index (χ4v) is 13.6. The largest absolute Gasteiger partial charge is 0.465 e. The molecule has 2 aliphatic rings. The van der Waals surface area contributed by atoms with Crippen molar-refractivity contribution in [2.45, 2.75) is 49.9 Å². The van der Waals surface area contributed by atoms with Crippen molar-refractivity contribution in [3.63, 3.8) is 0 Å². The maximum atomic E-state index is 13.5. The number of aliphatic imine (C=N–C) groups is 2. The minimum Gasteiger partial charge on any atom is -0.465 e. The number of carbonyl (C=O) groups excluding carboxylic acids is 2. The van der Waals surface area contributed by atoms with E-state index in [2.05, 4.69) is 193 Å². The molecule has 0 saturated heterocycles. The van der Waals surface area contributed by atoms with E-state index in [0.29, 0.717) is 24.3 Å². The van der Waals surface area contributed by atoms with Gasteiger partial charge >= 0.3 is 5.97 Å². The highest BCUT2D eigenvalue weighted by molar-refractivity contribution is 6.41. The molecule has 0 fully saturated rings. The zero-order chi connectivity index (χ0) is 68.7. The smallest absolute Gasteiger partial charge is 0.352 e. The van der Waals surface area contributed by atoms with Crippen LogP contribution in [0.5, 0.6) is 0 Å². The Kier molecular flexibility index (Phi) is 18.4. The summed E-state index contributed by atoms with van der Waals surface area (Å²) in [6.45, 7) is 3.75. The Bertz CT molecular complexity index is 5080. The molecule has 14 aromatic rings. The molecule has 4 aromatic heterocycles. The van der Waals surface area contributed by atoms with Gasteiger partial charge in [0.2, 0.25) is 0 Å². The summed E-state index contributed by atoms with van der Waals surface area (Å²) in [6, 6.07) is 91.2. The van der Waals surface area contributed by atoms with Crippen molar-refractivity contribution in [2.75, 3.05) is 7.11 Å². The zero-order valence-corrected chi connectivity index (χ0v) is 55.1. The van der Waals surface area contributed by atoms with Gasteiger partial charge in [-0.05, 0) is 142 Å². The number of rotatable bonds is 15. The summed E-state index contributed by atoms with van der Waals surface area (Å²) < 4.78 is 35.1. The molecular weight excluding hydrogens is 1250 g/mol. The lowest BCUT2D eigenvalue weighted by Gasteiger charge is -2.37. The number of methoxy groups -OCH3 is 1. The fraction of sp³-hybridized carbons (Fsp3) is 0.106. The summed E-state index contributed by atoms with van der Waals surface area (Å²) >= 11 is 0. The number of amides is 1. The molecule has 490 valence electrons. The van der Waals surface area contributed by atoms with Crippen molar-refractivity contribution in [3.8, 4) is 22.5 Å². The summed E-state index contributed by atoms with van der Waals surface area (Å²) in [5, 5.41) is 15.8. The predicted molar refractivity (Wildman–Crippen MR) is 391 cm³/mol. The maximum absolute atomic E-state index is 13.5. The second-order valence-electron chi connectivity index (χ2n) is 24.7. The molecule has 0 aliphatic carbocycles. The van der Waals surface area contributed by atoms with Crippen LogP contribution in [-0.2, 0) is 38.2 Å². The number of nitrogens with zero attached hydrogens (tertiary/aromatic N) is 8. The van der Waals surface area contributed by atoms with Crippen molar-refractivity contribution in [2.24, 2.45) is 15.7 Å². The standard InChI is InChI=1S/C42H32FN5O.C35H26N4O2.C8H10FN/c1-28(29-17-19-35(43)20-18-29)45-41(49)38-25-31-26-39-36(27-37(31)46-38)40(30-21-23-44-24-22-30)47-48(39)42(32-11-5-2-6-12-32,33-13-7-3-8-14-33)34-15-9-4-10-16-34;1-41-34(40)31-21-25-22-32-29(23-30(25)37-31)33(24-17-19-36-20-18-24)38-39(32)35(26-11-5-2-6-12-26,27-13-7-3-8-14-27)28-15-9-4-10-16-28;1-6(10)7-2-4-8(9)5-3-7/h2-24,26-28H,25H2,1H3,(H,45,49);2-20,22-23H,21H2,1H3;2-6H,10H2,1H3/t28-;;6-/m1.1/s1. The number of hydrogen-bond acceptors (Lipinski definition) is 10. The van der Waals surface area contributed by atoms with Crippen LogP contribution in [0.1, 0.15) is 81.6 Å². The van der Waals surface area contributed by atoms with Gasteiger partial charge in [-0.15, -0.1) is 0 Å². The summed E-state index contributed by atoms with van der Waals surface area (Å²) in [7, 11) is 1.39. The topological polar surface area (TPSA) is 168 Å². The van der Waals surface area contributed by atoms with Gasteiger partial charge in [0.05, 0.1) is 35.6 Å². The number of benzene rings is 10. The average molecular weight is 1320 g/mol. The van der Waals surface area contributed by atoms with Crippen LogP contribution in [-0.4, -0.2) is 59.9 Å². The molecule has 100 heavy (non-hydrogen) atoms. The highest BCUT2D eigenvalue weighted by atomic mass is 19.1. The number of hydrogen-bond donors (Lipinski definition) is 2. The molecule has 16 rings (SSSR count). The van der Waals surface area contributed by atoms with Gasteiger partial charge in [0.1, 0.15) is 45.5 Å². The van der Waals surface area contributed by atoms with Crippen LogP contribution in [0.3, 0.4) is 0 Å². The second-order valence-corrected chi connectivity index (χ2v) is 24.7. The lowest BCUT2D eigenvalue weighted by Crippen LogP contribution is -2.38. The summed E-state index contributed by atoms with van der Waals surface area (Å²) in [4.78, 5) is 43.9. The zero-order valence-electron chi connectivity index (χ0n) is 55.1. The first kappa shape index (κ1) is 64.9. The van der Waals surface area contributed by atoms with E-state index in [1.54, 1.807) is 49.1 Å². The van der Waals surface area contributed by atoms with Crippen LogP contribution < -0.4 is 11.1 Å². The van der Waals surface area contributed by atoms with Gasteiger partial charge in [0, 0.05) is 65.6 Å². The molecule has 0 spiro atoms. The van der Waals surface area contributed by atoms with Gasteiger partial charge in [-0.2, -0.15) is 10.2 Å². The molecule has 0 radical (unpaired) electrons. The number of aromatic nitrogens is 6. The van der Waals surface area contributed by atoms with Crippen LogP contribution >= 0.6 is 0 Å².